The van der Waals surface area contributed by atoms with Gasteiger partial charge in [-0.3, -0.25) is 0 Å². The molecular formula is C13H24O4Si. The average Bonchev–Trinajstić information content (AvgIpc) is 2.18. The smallest absolute Gasteiger partial charge is 0.331 e. The molecule has 0 bridgehead atoms. The van der Waals surface area contributed by atoms with E-state index in [-0.39, 0.29) is 0 Å². The zero-order valence-corrected chi connectivity index (χ0v) is 12.9. The molecule has 0 saturated carbocycles. The maximum atomic E-state index is 11.2. The van der Waals surface area contributed by atoms with E-state index in [1.54, 1.807) is 0 Å². The van der Waals surface area contributed by atoms with Crippen molar-refractivity contribution in [3.63, 3.8) is 0 Å². The molecule has 4 nitrogen and oxygen atoms in total. The number of carboxylic acid groups (broad SMARTS) is 1. The zero-order chi connectivity index (χ0) is 14.3. The molecule has 1 N–H and O–H groups in total. The molecule has 0 aromatic carbocycles. The molecule has 0 spiro atoms. The fourth-order valence-electron chi connectivity index (χ4n) is 2.24. The molecular weight excluding hydrogens is 248 g/mol. The first-order chi connectivity index (χ1) is 8.14. The van der Waals surface area contributed by atoms with Gasteiger partial charge < -0.3 is 9.84 Å². The molecule has 0 saturated heterocycles. The maximum Gasteiger partial charge on any atom is 0.331 e. The van der Waals surface area contributed by atoms with E-state index in [1.165, 1.54) is 0 Å². The Labute approximate surface area is 110 Å². The van der Waals surface area contributed by atoms with Crippen molar-refractivity contribution >= 4 is 20.0 Å². The van der Waals surface area contributed by atoms with Crippen LogP contribution in [-0.4, -0.2) is 31.7 Å². The Kier molecular flexibility index (Phi) is 6.91. The van der Waals surface area contributed by atoms with Crippen LogP contribution in [-0.2, 0) is 14.3 Å². The highest BCUT2D eigenvalue weighted by Crippen LogP contribution is 2.32. The van der Waals surface area contributed by atoms with Crippen molar-refractivity contribution in [1.29, 1.82) is 0 Å². The first-order valence-corrected chi connectivity index (χ1v) is 9.80. The first kappa shape index (κ1) is 16.9. The summed E-state index contributed by atoms with van der Waals surface area (Å²) in [6.45, 7) is 11.7. The molecule has 104 valence electrons. The van der Waals surface area contributed by atoms with Crippen molar-refractivity contribution in [2.24, 2.45) is 5.92 Å². The molecule has 0 aromatic heterocycles. The SMILES string of the molecule is CC(C)C(CCOC(=O)C=CC(=O)O)[Si](C)(C)C. The van der Waals surface area contributed by atoms with Gasteiger partial charge in [0.25, 0.3) is 0 Å². The van der Waals surface area contributed by atoms with Gasteiger partial charge in [-0.15, -0.1) is 0 Å². The average molecular weight is 272 g/mol. The summed E-state index contributed by atoms with van der Waals surface area (Å²) in [4.78, 5) is 21.4. The van der Waals surface area contributed by atoms with Gasteiger partial charge in [0.15, 0.2) is 0 Å². The minimum Gasteiger partial charge on any atom is -0.478 e. The molecule has 1 atom stereocenters. The number of ether oxygens (including phenoxy) is 1. The van der Waals surface area contributed by atoms with Crippen LogP contribution in [0.5, 0.6) is 0 Å². The van der Waals surface area contributed by atoms with Crippen molar-refractivity contribution in [1.82, 2.24) is 0 Å². The second kappa shape index (κ2) is 7.36. The molecule has 0 rings (SSSR count). The number of hydrogen-bond donors (Lipinski definition) is 1. The second-order valence-corrected chi connectivity index (χ2v) is 11.3. The van der Waals surface area contributed by atoms with Gasteiger partial charge in [-0.1, -0.05) is 33.5 Å². The van der Waals surface area contributed by atoms with E-state index in [1.807, 2.05) is 0 Å². The lowest BCUT2D eigenvalue weighted by molar-refractivity contribution is -0.138. The van der Waals surface area contributed by atoms with Crippen LogP contribution >= 0.6 is 0 Å². The molecule has 0 fully saturated rings. The van der Waals surface area contributed by atoms with E-state index in [2.05, 4.69) is 33.5 Å². The van der Waals surface area contributed by atoms with Crippen LogP contribution in [0.4, 0.5) is 0 Å². The molecule has 18 heavy (non-hydrogen) atoms. The van der Waals surface area contributed by atoms with Crippen molar-refractivity contribution < 1.29 is 19.4 Å². The standard InChI is InChI=1S/C13H24O4Si/c1-10(2)11(18(3,4)5)8-9-17-13(16)7-6-12(14)15/h6-7,10-11H,8-9H2,1-5H3,(H,14,15). The molecule has 0 radical (unpaired) electrons. The fraction of sp³-hybridized carbons (Fsp3) is 0.692. The van der Waals surface area contributed by atoms with Gasteiger partial charge in [-0.05, 0) is 17.9 Å². The third-order valence-electron chi connectivity index (χ3n) is 2.95. The van der Waals surface area contributed by atoms with Gasteiger partial charge in [0, 0.05) is 20.2 Å². The number of hydrogen-bond acceptors (Lipinski definition) is 3. The quantitative estimate of drug-likeness (QED) is 0.440. The summed E-state index contributed by atoms with van der Waals surface area (Å²) in [6.07, 6.45) is 2.59. The van der Waals surface area contributed by atoms with E-state index in [4.69, 9.17) is 9.84 Å². The topological polar surface area (TPSA) is 63.6 Å². The highest BCUT2D eigenvalue weighted by Gasteiger charge is 2.28. The fourth-order valence-corrected chi connectivity index (χ4v) is 5.22. The summed E-state index contributed by atoms with van der Waals surface area (Å²) in [6, 6.07) is 0. The molecule has 5 heteroatoms. The van der Waals surface area contributed by atoms with Crippen LogP contribution in [0.1, 0.15) is 20.3 Å². The third-order valence-corrected chi connectivity index (χ3v) is 6.13. The Morgan fingerprint density at radius 3 is 2.17 bits per heavy atom. The largest absolute Gasteiger partial charge is 0.478 e. The zero-order valence-electron chi connectivity index (χ0n) is 11.9. The summed E-state index contributed by atoms with van der Waals surface area (Å²) < 4.78 is 5.00. The summed E-state index contributed by atoms with van der Waals surface area (Å²) in [5.41, 5.74) is 0.591. The molecule has 1 unspecified atom stereocenters. The Morgan fingerprint density at radius 2 is 1.78 bits per heavy atom. The van der Waals surface area contributed by atoms with Gasteiger partial charge in [-0.25, -0.2) is 9.59 Å². The van der Waals surface area contributed by atoms with Gasteiger partial charge >= 0.3 is 11.9 Å². The van der Waals surface area contributed by atoms with Crippen LogP contribution in [0.15, 0.2) is 12.2 Å². The van der Waals surface area contributed by atoms with Crippen LogP contribution in [0, 0.1) is 5.92 Å². The molecule has 0 amide bonds. The summed E-state index contributed by atoms with van der Waals surface area (Å²) >= 11 is 0. The lowest BCUT2D eigenvalue weighted by Gasteiger charge is -2.32. The van der Waals surface area contributed by atoms with Crippen molar-refractivity contribution in [3.05, 3.63) is 12.2 Å². The number of rotatable bonds is 7. The van der Waals surface area contributed by atoms with Gasteiger partial charge in [0.05, 0.1) is 6.61 Å². The Balaban J connectivity index is 4.16. The lowest BCUT2D eigenvalue weighted by Crippen LogP contribution is -2.32. The number of aliphatic carboxylic acids is 1. The van der Waals surface area contributed by atoms with Crippen LogP contribution < -0.4 is 0 Å². The Morgan fingerprint density at radius 1 is 1.22 bits per heavy atom. The van der Waals surface area contributed by atoms with Gasteiger partial charge in [-0.2, -0.15) is 0 Å². The highest BCUT2D eigenvalue weighted by molar-refractivity contribution is 6.77. The minimum atomic E-state index is -1.26. The molecule has 0 aliphatic heterocycles. The number of carboxylic acids is 1. The minimum absolute atomic E-state index is 0.357. The Bertz CT molecular complexity index is 315. The summed E-state index contributed by atoms with van der Waals surface area (Å²) in [7, 11) is -1.26. The molecule has 0 aliphatic carbocycles. The Hall–Kier alpha value is -1.10. The van der Waals surface area contributed by atoms with E-state index < -0.39 is 20.0 Å². The second-order valence-electron chi connectivity index (χ2n) is 5.84. The number of carbonyl (C=O) groups is 2. The molecule has 0 aliphatic rings. The van der Waals surface area contributed by atoms with Crippen molar-refractivity contribution in [2.75, 3.05) is 6.61 Å². The predicted octanol–water partition coefficient (Wildman–Crippen LogP) is 2.92. The highest BCUT2D eigenvalue weighted by atomic mass is 28.3. The molecule has 0 aromatic rings. The van der Waals surface area contributed by atoms with Crippen molar-refractivity contribution in [2.45, 2.75) is 45.5 Å². The third kappa shape index (κ3) is 7.27. The van der Waals surface area contributed by atoms with Gasteiger partial charge in [0.1, 0.15) is 0 Å². The van der Waals surface area contributed by atoms with Gasteiger partial charge in [0.2, 0.25) is 0 Å². The van der Waals surface area contributed by atoms with Crippen LogP contribution in [0.3, 0.4) is 0 Å². The normalized spacial score (nSPS) is 13.9. The van der Waals surface area contributed by atoms with E-state index in [0.717, 1.165) is 18.6 Å². The summed E-state index contributed by atoms with van der Waals surface area (Å²) in [5, 5.41) is 8.37. The van der Waals surface area contributed by atoms with Crippen molar-refractivity contribution in [3.8, 4) is 0 Å². The first-order valence-electron chi connectivity index (χ1n) is 6.22. The predicted molar refractivity (Wildman–Crippen MR) is 74.3 cm³/mol. The maximum absolute atomic E-state index is 11.2. The number of esters is 1. The van der Waals surface area contributed by atoms with E-state index in [0.29, 0.717) is 18.1 Å². The van der Waals surface area contributed by atoms with Crippen LogP contribution in [0.25, 0.3) is 0 Å². The number of carbonyl (C=O) groups excluding carboxylic acids is 1. The molecule has 0 heterocycles. The monoisotopic (exact) mass is 272 g/mol. The van der Waals surface area contributed by atoms with E-state index in [9.17, 15) is 9.59 Å². The van der Waals surface area contributed by atoms with Crippen LogP contribution in [0.2, 0.25) is 25.2 Å². The lowest BCUT2D eigenvalue weighted by atomic mass is 10.1. The van der Waals surface area contributed by atoms with E-state index >= 15 is 0 Å². The summed E-state index contributed by atoms with van der Waals surface area (Å²) in [5.74, 6) is -1.16.